The summed E-state index contributed by atoms with van der Waals surface area (Å²) in [6.45, 7) is 3.53. The molecule has 0 radical (unpaired) electrons. The molecule has 0 bridgehead atoms. The van der Waals surface area contributed by atoms with E-state index in [4.69, 9.17) is 5.73 Å². The number of nitrogens with one attached hydrogen (secondary N) is 1. The van der Waals surface area contributed by atoms with Gasteiger partial charge in [-0.1, -0.05) is 19.9 Å². The van der Waals surface area contributed by atoms with E-state index in [9.17, 15) is 22.9 Å². The van der Waals surface area contributed by atoms with Gasteiger partial charge in [0.05, 0.1) is 4.92 Å². The molecule has 0 amide bonds. The molecule has 1 aromatic rings. The van der Waals surface area contributed by atoms with Gasteiger partial charge in [-0.3, -0.25) is 10.1 Å². The second-order valence-electron chi connectivity index (χ2n) is 4.55. The molecular formula is C11H16FN3O4S. The molecule has 9 heteroatoms. The lowest BCUT2D eigenvalue weighted by Gasteiger charge is -2.20. The van der Waals surface area contributed by atoms with Crippen molar-refractivity contribution in [2.45, 2.75) is 24.8 Å². The van der Waals surface area contributed by atoms with E-state index < -0.39 is 37.4 Å². The summed E-state index contributed by atoms with van der Waals surface area (Å²) in [6.07, 6.45) is 0. The zero-order valence-electron chi connectivity index (χ0n) is 11.0. The summed E-state index contributed by atoms with van der Waals surface area (Å²) in [5.74, 6) is -1.31. The first-order chi connectivity index (χ1) is 9.20. The third-order valence-corrected chi connectivity index (χ3v) is 4.31. The van der Waals surface area contributed by atoms with E-state index in [0.29, 0.717) is 0 Å². The average molecular weight is 305 g/mol. The molecule has 0 saturated carbocycles. The van der Waals surface area contributed by atoms with Crippen LogP contribution in [0.1, 0.15) is 13.8 Å². The molecule has 0 aliphatic rings. The predicted molar refractivity (Wildman–Crippen MR) is 71.1 cm³/mol. The van der Waals surface area contributed by atoms with Crippen molar-refractivity contribution in [3.8, 4) is 0 Å². The van der Waals surface area contributed by atoms with Crippen LogP contribution in [0.15, 0.2) is 23.1 Å². The zero-order valence-corrected chi connectivity index (χ0v) is 11.9. The number of sulfonamides is 1. The average Bonchev–Trinajstić information content (AvgIpc) is 2.34. The standard InChI is InChI=1S/C11H16FN3O4S/c1-7(2)9(6-13)14-20(18,19)10-5-3-4-8(12)11(10)15(16)17/h3-5,7,9,14H,6,13H2,1-2H3. The minimum absolute atomic E-state index is 0.0278. The van der Waals surface area contributed by atoms with Crippen LogP contribution in [-0.2, 0) is 10.0 Å². The quantitative estimate of drug-likeness (QED) is 0.601. The van der Waals surface area contributed by atoms with Gasteiger partial charge < -0.3 is 5.73 Å². The summed E-state index contributed by atoms with van der Waals surface area (Å²) in [5.41, 5.74) is 4.38. The minimum atomic E-state index is -4.23. The largest absolute Gasteiger partial charge is 0.329 e. The smallest absolute Gasteiger partial charge is 0.324 e. The van der Waals surface area contributed by atoms with Crippen molar-refractivity contribution in [2.24, 2.45) is 11.7 Å². The normalized spacial score (nSPS) is 13.4. The molecule has 3 N–H and O–H groups in total. The van der Waals surface area contributed by atoms with Crippen LogP contribution in [0.25, 0.3) is 0 Å². The highest BCUT2D eigenvalue weighted by Crippen LogP contribution is 2.26. The number of nitrogens with zero attached hydrogens (tertiary/aromatic N) is 1. The second kappa shape index (κ2) is 6.25. The molecule has 0 fully saturated rings. The molecule has 1 aromatic carbocycles. The number of benzene rings is 1. The maximum atomic E-state index is 13.5. The van der Waals surface area contributed by atoms with E-state index in [2.05, 4.69) is 4.72 Å². The highest BCUT2D eigenvalue weighted by Gasteiger charge is 2.31. The molecule has 1 rings (SSSR count). The van der Waals surface area contributed by atoms with E-state index in [0.717, 1.165) is 18.2 Å². The Morgan fingerprint density at radius 2 is 2.05 bits per heavy atom. The van der Waals surface area contributed by atoms with Gasteiger partial charge in [0, 0.05) is 12.6 Å². The van der Waals surface area contributed by atoms with Gasteiger partial charge in [0.15, 0.2) is 4.90 Å². The lowest BCUT2D eigenvalue weighted by atomic mass is 10.1. The minimum Gasteiger partial charge on any atom is -0.329 e. The maximum Gasteiger partial charge on any atom is 0.324 e. The van der Waals surface area contributed by atoms with Gasteiger partial charge in [-0.25, -0.2) is 13.1 Å². The van der Waals surface area contributed by atoms with Gasteiger partial charge in [-0.05, 0) is 18.1 Å². The fourth-order valence-corrected chi connectivity index (χ4v) is 3.19. The van der Waals surface area contributed by atoms with Crippen molar-refractivity contribution in [1.29, 1.82) is 0 Å². The van der Waals surface area contributed by atoms with Crippen molar-refractivity contribution in [1.82, 2.24) is 4.72 Å². The fraction of sp³-hybridized carbons (Fsp3) is 0.455. The number of hydrogen-bond acceptors (Lipinski definition) is 5. The van der Waals surface area contributed by atoms with E-state index >= 15 is 0 Å². The number of halogens is 1. The van der Waals surface area contributed by atoms with Gasteiger partial charge >= 0.3 is 5.69 Å². The van der Waals surface area contributed by atoms with Gasteiger partial charge in [-0.2, -0.15) is 4.39 Å². The van der Waals surface area contributed by atoms with Crippen LogP contribution in [0, 0.1) is 21.8 Å². The van der Waals surface area contributed by atoms with Crippen LogP contribution in [0.5, 0.6) is 0 Å². The number of hydrogen-bond donors (Lipinski definition) is 2. The first kappa shape index (κ1) is 16.5. The molecule has 0 spiro atoms. The lowest BCUT2D eigenvalue weighted by molar-refractivity contribution is -0.390. The molecule has 0 aromatic heterocycles. The van der Waals surface area contributed by atoms with E-state index in [1.807, 2.05) is 0 Å². The number of nitro benzene ring substituents is 1. The zero-order chi connectivity index (χ0) is 15.5. The Morgan fingerprint density at radius 3 is 2.50 bits per heavy atom. The Bertz CT molecular complexity index is 604. The second-order valence-corrected chi connectivity index (χ2v) is 6.23. The highest BCUT2D eigenvalue weighted by atomic mass is 32.2. The summed E-state index contributed by atoms with van der Waals surface area (Å²) in [7, 11) is -4.23. The molecular weight excluding hydrogens is 289 g/mol. The Balaban J connectivity index is 3.30. The predicted octanol–water partition coefficient (Wildman–Crippen LogP) is 0.996. The van der Waals surface area contributed by atoms with Crippen molar-refractivity contribution in [3.05, 3.63) is 34.1 Å². The number of nitro groups is 1. The van der Waals surface area contributed by atoms with Gasteiger partial charge in [0.2, 0.25) is 15.8 Å². The monoisotopic (exact) mass is 305 g/mol. The Labute approximate surface area is 116 Å². The van der Waals surface area contributed by atoms with Gasteiger partial charge in [0.25, 0.3) is 0 Å². The third-order valence-electron chi connectivity index (χ3n) is 2.79. The number of nitrogens with two attached hydrogens (primary N) is 1. The van der Waals surface area contributed by atoms with E-state index in [1.54, 1.807) is 13.8 Å². The first-order valence-corrected chi connectivity index (χ1v) is 7.34. The van der Waals surface area contributed by atoms with Gasteiger partial charge in [-0.15, -0.1) is 0 Å². The van der Waals surface area contributed by atoms with Crippen molar-refractivity contribution in [3.63, 3.8) is 0 Å². The summed E-state index contributed by atoms with van der Waals surface area (Å²) in [4.78, 5) is 9.06. The Hall–Kier alpha value is -1.58. The lowest BCUT2D eigenvalue weighted by Crippen LogP contribution is -2.43. The molecule has 0 heterocycles. The van der Waals surface area contributed by atoms with Crippen LogP contribution in [0.2, 0.25) is 0 Å². The van der Waals surface area contributed by atoms with Crippen molar-refractivity contribution >= 4 is 15.7 Å². The Kier molecular flexibility index (Phi) is 5.15. The summed E-state index contributed by atoms with van der Waals surface area (Å²) < 4.78 is 40.0. The molecule has 7 nitrogen and oxygen atoms in total. The maximum absolute atomic E-state index is 13.5. The third kappa shape index (κ3) is 3.50. The highest BCUT2D eigenvalue weighted by molar-refractivity contribution is 7.89. The molecule has 1 atom stereocenters. The first-order valence-electron chi connectivity index (χ1n) is 5.86. The van der Waals surface area contributed by atoms with Crippen LogP contribution in [0.3, 0.4) is 0 Å². The molecule has 112 valence electrons. The SMILES string of the molecule is CC(C)C(CN)NS(=O)(=O)c1cccc(F)c1[N+](=O)[O-]. The summed E-state index contributed by atoms with van der Waals surface area (Å²) in [6, 6.07) is 2.32. The molecule has 0 aliphatic carbocycles. The van der Waals surface area contributed by atoms with E-state index in [-0.39, 0.29) is 12.5 Å². The Morgan fingerprint density at radius 1 is 1.45 bits per heavy atom. The molecule has 20 heavy (non-hydrogen) atoms. The topological polar surface area (TPSA) is 115 Å². The number of para-hydroxylation sites is 1. The summed E-state index contributed by atoms with van der Waals surface area (Å²) >= 11 is 0. The van der Waals surface area contributed by atoms with Crippen LogP contribution in [-0.4, -0.2) is 25.9 Å². The molecule has 0 saturated heterocycles. The van der Waals surface area contributed by atoms with Gasteiger partial charge in [0.1, 0.15) is 0 Å². The van der Waals surface area contributed by atoms with Crippen molar-refractivity contribution in [2.75, 3.05) is 6.54 Å². The number of rotatable bonds is 6. The molecule has 1 unspecified atom stereocenters. The van der Waals surface area contributed by atoms with Crippen LogP contribution >= 0.6 is 0 Å². The summed E-state index contributed by atoms with van der Waals surface area (Å²) in [5, 5.41) is 10.8. The van der Waals surface area contributed by atoms with E-state index in [1.165, 1.54) is 0 Å². The van der Waals surface area contributed by atoms with Crippen LogP contribution in [0.4, 0.5) is 10.1 Å². The molecule has 0 aliphatic heterocycles. The van der Waals surface area contributed by atoms with Crippen molar-refractivity contribution < 1.29 is 17.7 Å². The van der Waals surface area contributed by atoms with Crippen LogP contribution < -0.4 is 10.5 Å². The fourth-order valence-electron chi connectivity index (χ4n) is 1.61.